The molecule has 2 aliphatic heterocycles. The summed E-state index contributed by atoms with van der Waals surface area (Å²) in [5, 5.41) is 6.63. The molecule has 0 spiro atoms. The second-order valence-corrected chi connectivity index (χ2v) is 7.40. The molecule has 8 heteroatoms. The van der Waals surface area contributed by atoms with Gasteiger partial charge in [0.2, 0.25) is 12.7 Å². The third-order valence-corrected chi connectivity index (χ3v) is 4.77. The first-order valence-corrected chi connectivity index (χ1v) is 9.62. The highest BCUT2D eigenvalue weighted by molar-refractivity contribution is 5.93. The molecule has 0 aliphatic carbocycles. The number of nitrogens with one attached hydrogen (secondary N) is 2. The van der Waals surface area contributed by atoms with Crippen molar-refractivity contribution in [3.05, 3.63) is 36.2 Å². The third kappa shape index (κ3) is 4.11. The van der Waals surface area contributed by atoms with Gasteiger partial charge in [-0.05, 0) is 38.8 Å². The van der Waals surface area contributed by atoms with Crippen molar-refractivity contribution in [2.24, 2.45) is 0 Å². The minimum atomic E-state index is -0.0340. The van der Waals surface area contributed by atoms with Crippen LogP contribution in [0, 0.1) is 0 Å². The fourth-order valence-electron chi connectivity index (χ4n) is 3.46. The molecule has 0 bridgehead atoms. The highest BCUT2D eigenvalue weighted by Gasteiger charge is 2.25. The minimum absolute atomic E-state index is 0.0340. The van der Waals surface area contributed by atoms with E-state index in [1.54, 1.807) is 12.4 Å². The Hall–Kier alpha value is -3.03. The second-order valence-electron chi connectivity index (χ2n) is 7.40. The van der Waals surface area contributed by atoms with Gasteiger partial charge in [-0.25, -0.2) is 9.97 Å². The van der Waals surface area contributed by atoms with Crippen LogP contribution in [0.5, 0.6) is 11.5 Å². The summed E-state index contributed by atoms with van der Waals surface area (Å²) in [5.41, 5.74) is 1.48. The number of fused-ring (bicyclic) bond motifs is 1. The largest absolute Gasteiger partial charge is 0.454 e. The Labute approximate surface area is 164 Å². The second kappa shape index (κ2) is 7.92. The van der Waals surface area contributed by atoms with Crippen LogP contribution in [-0.4, -0.2) is 52.7 Å². The summed E-state index contributed by atoms with van der Waals surface area (Å²) < 4.78 is 10.8. The van der Waals surface area contributed by atoms with E-state index in [2.05, 4.69) is 20.6 Å². The first kappa shape index (κ1) is 18.3. The van der Waals surface area contributed by atoms with Gasteiger partial charge in [0.05, 0.1) is 5.56 Å². The molecule has 0 saturated carbocycles. The molecule has 1 amide bonds. The zero-order valence-electron chi connectivity index (χ0n) is 16.1. The summed E-state index contributed by atoms with van der Waals surface area (Å²) in [6.45, 7) is 5.67. The third-order valence-electron chi connectivity index (χ3n) is 4.77. The van der Waals surface area contributed by atoms with Crippen molar-refractivity contribution in [2.75, 3.05) is 30.5 Å². The zero-order chi connectivity index (χ0) is 19.5. The highest BCUT2D eigenvalue weighted by Crippen LogP contribution is 2.34. The molecular formula is C20H25N5O3. The number of ether oxygens (including phenoxy) is 2. The van der Waals surface area contributed by atoms with Crippen molar-refractivity contribution in [1.29, 1.82) is 0 Å². The first-order chi connectivity index (χ1) is 13.6. The lowest BCUT2D eigenvalue weighted by molar-refractivity contribution is 0.0714. The number of likely N-dealkylation sites (tertiary alicyclic amines) is 1. The standard InChI is InChI=1S/C20H25N5O3/c1-13(2)23-20-21-9-14(10-22-20)19(26)25-7-3-4-16(11-25)24-15-5-6-17-18(8-15)28-12-27-17/h5-6,8-10,13,16,24H,3-4,7,11-12H2,1-2H3,(H,21,22,23)/t16-/m1/s1. The van der Waals surface area contributed by atoms with Crippen molar-refractivity contribution >= 4 is 17.5 Å². The molecule has 4 rings (SSSR count). The van der Waals surface area contributed by atoms with E-state index in [1.807, 2.05) is 36.9 Å². The number of carbonyl (C=O) groups excluding carboxylic acids is 1. The maximum atomic E-state index is 12.8. The predicted molar refractivity (Wildman–Crippen MR) is 106 cm³/mol. The monoisotopic (exact) mass is 383 g/mol. The lowest BCUT2D eigenvalue weighted by atomic mass is 10.0. The predicted octanol–water partition coefficient (Wildman–Crippen LogP) is 2.74. The van der Waals surface area contributed by atoms with Gasteiger partial charge in [-0.15, -0.1) is 0 Å². The molecule has 2 aliphatic rings. The van der Waals surface area contributed by atoms with E-state index in [0.29, 0.717) is 18.1 Å². The van der Waals surface area contributed by atoms with E-state index in [0.717, 1.165) is 36.6 Å². The number of carbonyl (C=O) groups is 1. The molecule has 2 aromatic rings. The summed E-state index contributed by atoms with van der Waals surface area (Å²) in [7, 11) is 0. The van der Waals surface area contributed by atoms with Crippen molar-refractivity contribution in [3.63, 3.8) is 0 Å². The molecule has 3 heterocycles. The van der Waals surface area contributed by atoms with Gasteiger partial charge in [0.15, 0.2) is 11.5 Å². The number of benzene rings is 1. The van der Waals surface area contributed by atoms with Gasteiger partial charge in [0.25, 0.3) is 5.91 Å². The molecular weight excluding hydrogens is 358 g/mol. The summed E-state index contributed by atoms with van der Waals surface area (Å²) in [4.78, 5) is 23.2. The van der Waals surface area contributed by atoms with Gasteiger partial charge < -0.3 is 25.0 Å². The van der Waals surface area contributed by atoms with E-state index < -0.39 is 0 Å². The highest BCUT2D eigenvalue weighted by atomic mass is 16.7. The molecule has 2 N–H and O–H groups in total. The average molecular weight is 383 g/mol. The van der Waals surface area contributed by atoms with Crippen LogP contribution in [0.15, 0.2) is 30.6 Å². The van der Waals surface area contributed by atoms with Crippen LogP contribution in [0.3, 0.4) is 0 Å². The van der Waals surface area contributed by atoms with E-state index in [1.165, 1.54) is 0 Å². The van der Waals surface area contributed by atoms with Gasteiger partial charge in [-0.1, -0.05) is 0 Å². The molecule has 148 valence electrons. The van der Waals surface area contributed by atoms with Crippen molar-refractivity contribution in [3.8, 4) is 11.5 Å². The van der Waals surface area contributed by atoms with Crippen LogP contribution in [0.1, 0.15) is 37.0 Å². The van der Waals surface area contributed by atoms with E-state index in [9.17, 15) is 4.79 Å². The maximum Gasteiger partial charge on any atom is 0.257 e. The number of aromatic nitrogens is 2. The minimum Gasteiger partial charge on any atom is -0.454 e. The van der Waals surface area contributed by atoms with Gasteiger partial charge in [-0.3, -0.25) is 4.79 Å². The topological polar surface area (TPSA) is 88.6 Å². The average Bonchev–Trinajstić information content (AvgIpc) is 3.16. The first-order valence-electron chi connectivity index (χ1n) is 9.62. The van der Waals surface area contributed by atoms with E-state index in [4.69, 9.17) is 9.47 Å². The number of rotatable bonds is 5. The Bertz CT molecular complexity index is 840. The normalized spacial score (nSPS) is 18.2. The molecule has 28 heavy (non-hydrogen) atoms. The zero-order valence-corrected chi connectivity index (χ0v) is 16.1. The van der Waals surface area contributed by atoms with Crippen molar-refractivity contribution in [2.45, 2.75) is 38.8 Å². The Morgan fingerprint density at radius 3 is 2.79 bits per heavy atom. The molecule has 1 atom stereocenters. The summed E-state index contributed by atoms with van der Waals surface area (Å²) in [5.74, 6) is 2.02. The number of nitrogens with zero attached hydrogens (tertiary/aromatic N) is 3. The molecule has 1 fully saturated rings. The van der Waals surface area contributed by atoms with Crippen LogP contribution in [-0.2, 0) is 0 Å². The Morgan fingerprint density at radius 2 is 2.00 bits per heavy atom. The Balaban J connectivity index is 1.38. The fourth-order valence-corrected chi connectivity index (χ4v) is 3.46. The van der Waals surface area contributed by atoms with Gasteiger partial charge in [-0.2, -0.15) is 0 Å². The fraction of sp³-hybridized carbons (Fsp3) is 0.450. The van der Waals surface area contributed by atoms with Gasteiger partial charge >= 0.3 is 0 Å². The smallest absolute Gasteiger partial charge is 0.257 e. The Morgan fingerprint density at radius 1 is 1.21 bits per heavy atom. The molecule has 0 unspecified atom stereocenters. The van der Waals surface area contributed by atoms with Crippen LogP contribution >= 0.6 is 0 Å². The summed E-state index contributed by atoms with van der Waals surface area (Å²) in [6, 6.07) is 6.24. The molecule has 8 nitrogen and oxygen atoms in total. The van der Waals surface area contributed by atoms with Gasteiger partial charge in [0, 0.05) is 49.3 Å². The molecule has 1 aromatic carbocycles. The maximum absolute atomic E-state index is 12.8. The quantitative estimate of drug-likeness (QED) is 0.821. The molecule has 1 saturated heterocycles. The number of piperidine rings is 1. The molecule has 0 radical (unpaired) electrons. The SMILES string of the molecule is CC(C)Nc1ncc(C(=O)N2CCC[C@@H](Nc3ccc4c(c3)OCO4)C2)cn1. The number of anilines is 2. The lowest BCUT2D eigenvalue weighted by Gasteiger charge is -2.33. The summed E-state index contributed by atoms with van der Waals surface area (Å²) in [6.07, 6.45) is 5.14. The van der Waals surface area contributed by atoms with Crippen LogP contribution in [0.25, 0.3) is 0 Å². The van der Waals surface area contributed by atoms with E-state index >= 15 is 0 Å². The number of amides is 1. The van der Waals surface area contributed by atoms with Crippen LogP contribution in [0.4, 0.5) is 11.6 Å². The summed E-state index contributed by atoms with van der Waals surface area (Å²) >= 11 is 0. The van der Waals surface area contributed by atoms with Gasteiger partial charge in [0.1, 0.15) is 0 Å². The number of hydrogen-bond donors (Lipinski definition) is 2. The van der Waals surface area contributed by atoms with E-state index in [-0.39, 0.29) is 24.8 Å². The molecule has 1 aromatic heterocycles. The lowest BCUT2D eigenvalue weighted by Crippen LogP contribution is -2.45. The van der Waals surface area contributed by atoms with Crippen LogP contribution in [0.2, 0.25) is 0 Å². The van der Waals surface area contributed by atoms with Crippen molar-refractivity contribution in [1.82, 2.24) is 14.9 Å². The Kier molecular flexibility index (Phi) is 5.18. The van der Waals surface area contributed by atoms with Crippen molar-refractivity contribution < 1.29 is 14.3 Å². The van der Waals surface area contributed by atoms with Crippen LogP contribution < -0.4 is 20.1 Å². The number of hydrogen-bond acceptors (Lipinski definition) is 7.